The van der Waals surface area contributed by atoms with E-state index in [0.29, 0.717) is 18.9 Å². The molecular formula is C13H25N3O4. The Kier molecular flexibility index (Phi) is 10.1. The first-order valence-corrected chi connectivity index (χ1v) is 6.93. The van der Waals surface area contributed by atoms with Crippen molar-refractivity contribution in [2.75, 3.05) is 20.1 Å². The average molecular weight is 287 g/mol. The summed E-state index contributed by atoms with van der Waals surface area (Å²) in [6, 6.07) is -0.387. The van der Waals surface area contributed by atoms with Crippen LogP contribution in [0.1, 0.15) is 39.0 Å². The number of carbonyl (C=O) groups is 3. The van der Waals surface area contributed by atoms with Crippen LogP contribution in [-0.2, 0) is 9.59 Å². The van der Waals surface area contributed by atoms with Gasteiger partial charge in [0, 0.05) is 20.0 Å². The van der Waals surface area contributed by atoms with Crippen LogP contribution in [0.15, 0.2) is 0 Å². The smallest absolute Gasteiger partial charge is 0.315 e. The van der Waals surface area contributed by atoms with E-state index in [1.165, 1.54) is 7.05 Å². The van der Waals surface area contributed by atoms with Gasteiger partial charge in [0.1, 0.15) is 0 Å². The Hall–Kier alpha value is -1.79. The van der Waals surface area contributed by atoms with Crippen LogP contribution >= 0.6 is 0 Å². The molecule has 0 aromatic rings. The van der Waals surface area contributed by atoms with Gasteiger partial charge >= 0.3 is 12.0 Å². The van der Waals surface area contributed by atoms with E-state index in [4.69, 9.17) is 5.11 Å². The van der Waals surface area contributed by atoms with Crippen LogP contribution in [0.4, 0.5) is 4.79 Å². The van der Waals surface area contributed by atoms with E-state index < -0.39 is 5.97 Å². The second-order valence-corrected chi connectivity index (χ2v) is 4.66. The quantitative estimate of drug-likeness (QED) is 0.474. The lowest BCUT2D eigenvalue weighted by Crippen LogP contribution is -2.41. The van der Waals surface area contributed by atoms with Gasteiger partial charge in [-0.05, 0) is 18.8 Å². The Morgan fingerprint density at radius 2 is 1.80 bits per heavy atom. The first-order chi connectivity index (χ1) is 9.49. The highest BCUT2D eigenvalue weighted by atomic mass is 16.4. The van der Waals surface area contributed by atoms with E-state index in [-0.39, 0.29) is 24.9 Å². The topological polar surface area (TPSA) is 108 Å². The lowest BCUT2D eigenvalue weighted by Gasteiger charge is -2.15. The Labute approximate surface area is 119 Å². The molecule has 7 heteroatoms. The van der Waals surface area contributed by atoms with Gasteiger partial charge in [0.2, 0.25) is 5.91 Å². The molecule has 0 aliphatic heterocycles. The molecule has 0 fully saturated rings. The van der Waals surface area contributed by atoms with Crippen molar-refractivity contribution in [2.45, 2.75) is 39.0 Å². The van der Waals surface area contributed by atoms with E-state index in [0.717, 1.165) is 19.3 Å². The van der Waals surface area contributed by atoms with E-state index in [9.17, 15) is 14.4 Å². The van der Waals surface area contributed by atoms with Gasteiger partial charge in [-0.25, -0.2) is 4.79 Å². The number of amides is 3. The summed E-state index contributed by atoms with van der Waals surface area (Å²) in [5, 5.41) is 16.2. The van der Waals surface area contributed by atoms with E-state index in [2.05, 4.69) is 22.9 Å². The van der Waals surface area contributed by atoms with Gasteiger partial charge in [-0.2, -0.15) is 0 Å². The van der Waals surface area contributed by atoms with Crippen LogP contribution in [0.2, 0.25) is 0 Å². The van der Waals surface area contributed by atoms with Crippen LogP contribution in [0.25, 0.3) is 0 Å². The lowest BCUT2D eigenvalue weighted by molar-refractivity contribution is -0.137. The molecular weight excluding hydrogens is 262 g/mol. The van der Waals surface area contributed by atoms with Crippen molar-refractivity contribution in [2.24, 2.45) is 5.92 Å². The summed E-state index contributed by atoms with van der Waals surface area (Å²) in [5.74, 6) is -0.747. The molecule has 0 rings (SSSR count). The Balaban J connectivity index is 3.83. The Morgan fingerprint density at radius 1 is 1.10 bits per heavy atom. The molecule has 4 N–H and O–H groups in total. The monoisotopic (exact) mass is 287 g/mol. The summed E-state index contributed by atoms with van der Waals surface area (Å²) in [4.78, 5) is 32.8. The molecule has 0 aromatic heterocycles. The molecule has 0 aromatic carbocycles. The minimum Gasteiger partial charge on any atom is -0.481 e. The van der Waals surface area contributed by atoms with Crippen molar-refractivity contribution in [1.82, 2.24) is 16.0 Å². The maximum absolute atomic E-state index is 11.4. The van der Waals surface area contributed by atoms with Gasteiger partial charge in [-0.1, -0.05) is 19.8 Å². The molecule has 0 heterocycles. The number of hydrogen-bond donors (Lipinski definition) is 4. The normalized spacial score (nSPS) is 11.5. The zero-order valence-electron chi connectivity index (χ0n) is 12.2. The summed E-state index contributed by atoms with van der Waals surface area (Å²) in [6.07, 6.45) is 3.48. The molecule has 1 atom stereocenters. The minimum absolute atomic E-state index is 0.0558. The van der Waals surface area contributed by atoms with E-state index >= 15 is 0 Å². The number of likely N-dealkylation sites (N-methyl/N-ethyl adjacent to an activating group) is 1. The zero-order chi connectivity index (χ0) is 15.4. The van der Waals surface area contributed by atoms with Crippen LogP contribution in [0, 0.1) is 5.92 Å². The predicted molar refractivity (Wildman–Crippen MR) is 75.4 cm³/mol. The largest absolute Gasteiger partial charge is 0.481 e. The average Bonchev–Trinajstić information content (AvgIpc) is 2.41. The second-order valence-electron chi connectivity index (χ2n) is 4.66. The standard InChI is InChI=1S/C13H25N3O4/c1-3-4-10(5-6-12(18)19)7-8-15-13(20)16-9-11(17)14-2/h10H,3-9H2,1-2H3,(H,14,17)(H,18,19)(H2,15,16,20). The fraction of sp³-hybridized carbons (Fsp3) is 0.769. The van der Waals surface area contributed by atoms with Crippen molar-refractivity contribution in [3.63, 3.8) is 0 Å². The molecule has 1 unspecified atom stereocenters. The molecule has 0 aliphatic carbocycles. The van der Waals surface area contributed by atoms with Crippen molar-refractivity contribution in [3.05, 3.63) is 0 Å². The van der Waals surface area contributed by atoms with Crippen molar-refractivity contribution in [3.8, 4) is 0 Å². The minimum atomic E-state index is -0.789. The number of hydrogen-bond acceptors (Lipinski definition) is 3. The van der Waals surface area contributed by atoms with Crippen LogP contribution in [0.3, 0.4) is 0 Å². The van der Waals surface area contributed by atoms with Gasteiger partial charge < -0.3 is 21.1 Å². The first-order valence-electron chi connectivity index (χ1n) is 6.93. The number of rotatable bonds is 10. The first kappa shape index (κ1) is 18.2. The highest BCUT2D eigenvalue weighted by Gasteiger charge is 2.11. The van der Waals surface area contributed by atoms with Crippen molar-refractivity contribution < 1.29 is 19.5 Å². The van der Waals surface area contributed by atoms with Gasteiger partial charge in [-0.15, -0.1) is 0 Å². The molecule has 3 amide bonds. The SMILES string of the molecule is CCCC(CCNC(=O)NCC(=O)NC)CCC(=O)O. The van der Waals surface area contributed by atoms with Crippen molar-refractivity contribution in [1.29, 1.82) is 0 Å². The molecule has 0 radical (unpaired) electrons. The number of nitrogens with one attached hydrogen (secondary N) is 3. The molecule has 0 saturated carbocycles. The number of carbonyl (C=O) groups excluding carboxylic acids is 2. The summed E-state index contributed by atoms with van der Waals surface area (Å²) >= 11 is 0. The Bertz CT molecular complexity index is 321. The fourth-order valence-electron chi connectivity index (χ4n) is 1.87. The Morgan fingerprint density at radius 3 is 2.35 bits per heavy atom. The number of aliphatic carboxylic acids is 1. The number of urea groups is 1. The summed E-state index contributed by atoms with van der Waals surface area (Å²) in [5.41, 5.74) is 0. The van der Waals surface area contributed by atoms with Gasteiger partial charge in [0.05, 0.1) is 6.54 Å². The third kappa shape index (κ3) is 10.2. The van der Waals surface area contributed by atoms with Gasteiger partial charge in [0.15, 0.2) is 0 Å². The van der Waals surface area contributed by atoms with Crippen LogP contribution in [0.5, 0.6) is 0 Å². The van der Waals surface area contributed by atoms with Gasteiger partial charge in [0.25, 0.3) is 0 Å². The summed E-state index contributed by atoms with van der Waals surface area (Å²) < 4.78 is 0. The molecule has 0 spiro atoms. The maximum atomic E-state index is 11.4. The van der Waals surface area contributed by atoms with E-state index in [1.807, 2.05) is 0 Å². The van der Waals surface area contributed by atoms with Crippen molar-refractivity contribution >= 4 is 17.9 Å². The molecule has 0 saturated heterocycles. The third-order valence-corrected chi connectivity index (χ3v) is 2.99. The molecule has 116 valence electrons. The maximum Gasteiger partial charge on any atom is 0.315 e. The zero-order valence-corrected chi connectivity index (χ0v) is 12.2. The lowest BCUT2D eigenvalue weighted by atomic mass is 9.94. The number of carboxylic acids is 1. The second kappa shape index (κ2) is 11.1. The van der Waals surface area contributed by atoms with Gasteiger partial charge in [-0.3, -0.25) is 9.59 Å². The highest BCUT2D eigenvalue weighted by molar-refractivity contribution is 5.83. The van der Waals surface area contributed by atoms with Crippen LogP contribution in [-0.4, -0.2) is 43.2 Å². The number of carboxylic acid groups (broad SMARTS) is 1. The van der Waals surface area contributed by atoms with E-state index in [1.54, 1.807) is 0 Å². The van der Waals surface area contributed by atoms with Crippen LogP contribution < -0.4 is 16.0 Å². The molecule has 20 heavy (non-hydrogen) atoms. The molecule has 0 aliphatic rings. The fourth-order valence-corrected chi connectivity index (χ4v) is 1.87. The summed E-state index contributed by atoms with van der Waals surface area (Å²) in [7, 11) is 1.50. The summed E-state index contributed by atoms with van der Waals surface area (Å²) in [6.45, 7) is 2.47. The predicted octanol–water partition coefficient (Wildman–Crippen LogP) is 0.703. The third-order valence-electron chi connectivity index (χ3n) is 2.99. The molecule has 0 bridgehead atoms. The highest BCUT2D eigenvalue weighted by Crippen LogP contribution is 2.16. The molecule has 7 nitrogen and oxygen atoms in total.